The summed E-state index contributed by atoms with van der Waals surface area (Å²) in [6, 6.07) is 20.7. The van der Waals surface area contributed by atoms with E-state index in [4.69, 9.17) is 18.0 Å². The highest BCUT2D eigenvalue weighted by Crippen LogP contribution is 2.28. The molecule has 0 amide bonds. The summed E-state index contributed by atoms with van der Waals surface area (Å²) in [7, 11) is 0. The first-order valence-electron chi connectivity index (χ1n) is 14.4. The maximum absolute atomic E-state index is 13.6. The Kier molecular flexibility index (Phi) is 9.37. The Labute approximate surface area is 244 Å². The molecule has 3 heteroatoms. The van der Waals surface area contributed by atoms with Crippen molar-refractivity contribution in [1.29, 1.82) is 0 Å². The normalized spacial score (nSPS) is 12.0. The second-order valence-corrected chi connectivity index (χ2v) is 11.7. The minimum Gasteiger partial charge on any atom is -0.398 e. The highest BCUT2D eigenvalue weighted by molar-refractivity contribution is 7.80. The van der Waals surface area contributed by atoms with E-state index in [-0.39, 0.29) is 5.43 Å². The molecule has 0 atom stereocenters. The lowest BCUT2D eigenvalue weighted by Crippen LogP contribution is -2.12. The van der Waals surface area contributed by atoms with Gasteiger partial charge in [-0.25, -0.2) is 0 Å². The summed E-state index contributed by atoms with van der Waals surface area (Å²) in [6.07, 6.45) is 5.86. The van der Waals surface area contributed by atoms with E-state index in [1.54, 1.807) is 0 Å². The topological polar surface area (TPSA) is 43.1 Å². The average Bonchev–Trinajstić information content (AvgIpc) is 3.02. The van der Waals surface area contributed by atoms with E-state index in [2.05, 4.69) is 76.7 Å². The lowest BCUT2D eigenvalue weighted by atomic mass is 9.91. The van der Waals surface area contributed by atoms with Crippen molar-refractivity contribution in [2.45, 2.75) is 73.1 Å². The van der Waals surface area contributed by atoms with E-state index in [1.807, 2.05) is 25.1 Å². The van der Waals surface area contributed by atoms with Gasteiger partial charge in [0.15, 0.2) is 5.43 Å². The van der Waals surface area contributed by atoms with Crippen LogP contribution >= 0.6 is 12.2 Å². The van der Waals surface area contributed by atoms with Crippen molar-refractivity contribution in [3.05, 3.63) is 116 Å². The minimum atomic E-state index is 0.0647. The Bertz CT molecular complexity index is 1690. The Morgan fingerprint density at radius 3 is 2.23 bits per heavy atom. The molecule has 0 bridgehead atoms. The summed E-state index contributed by atoms with van der Waals surface area (Å²) >= 11 is 5.99. The second kappa shape index (κ2) is 12.7. The predicted octanol–water partition coefficient (Wildman–Crippen LogP) is 9.56. The van der Waals surface area contributed by atoms with Gasteiger partial charge >= 0.3 is 0 Å². The molecule has 0 aliphatic heterocycles. The van der Waals surface area contributed by atoms with Gasteiger partial charge in [0, 0.05) is 26.9 Å². The van der Waals surface area contributed by atoms with E-state index in [1.165, 1.54) is 16.7 Å². The molecule has 0 aliphatic rings. The fourth-order valence-electron chi connectivity index (χ4n) is 5.65. The van der Waals surface area contributed by atoms with E-state index >= 15 is 0 Å². The largest absolute Gasteiger partial charge is 0.398 e. The maximum Gasteiger partial charge on any atom is 0.194 e. The number of aryl methyl sites for hydroxylation is 4. The summed E-state index contributed by atoms with van der Waals surface area (Å²) in [5.74, 6) is 0. The first-order chi connectivity index (χ1) is 19.1. The molecule has 0 heterocycles. The second-order valence-electron chi connectivity index (χ2n) is 11.2. The summed E-state index contributed by atoms with van der Waals surface area (Å²) in [5, 5.41) is 3.43. The Morgan fingerprint density at radius 1 is 0.850 bits per heavy atom. The molecular weight excluding hydrogens is 506 g/mol. The molecule has 206 valence electrons. The highest BCUT2D eigenvalue weighted by atomic mass is 32.1. The smallest absolute Gasteiger partial charge is 0.194 e. The van der Waals surface area contributed by atoms with Crippen LogP contribution in [-0.4, -0.2) is 4.86 Å². The third-order valence-corrected chi connectivity index (χ3v) is 8.45. The molecule has 0 radical (unpaired) electrons. The van der Waals surface area contributed by atoms with Crippen LogP contribution in [0.4, 0.5) is 0 Å². The molecule has 0 spiro atoms. The molecule has 0 saturated heterocycles. The van der Waals surface area contributed by atoms with Gasteiger partial charge in [0.2, 0.25) is 0 Å². The van der Waals surface area contributed by atoms with Gasteiger partial charge in [-0.05, 0) is 110 Å². The van der Waals surface area contributed by atoms with Gasteiger partial charge in [-0.15, -0.1) is 0 Å². The fraction of sp³-hybridized carbons (Fsp3) is 0.297. The molecule has 0 aliphatic carbocycles. The zero-order valence-corrected chi connectivity index (χ0v) is 25.4. The number of fused-ring (bicyclic) bond motifs is 2. The van der Waals surface area contributed by atoms with Crippen molar-refractivity contribution in [2.24, 2.45) is 5.73 Å². The molecule has 2 nitrogen and oxygen atoms in total. The van der Waals surface area contributed by atoms with Crippen LogP contribution in [0.25, 0.3) is 32.8 Å². The third kappa shape index (κ3) is 6.26. The van der Waals surface area contributed by atoms with Crippen LogP contribution < -0.4 is 11.2 Å². The molecule has 0 unspecified atom stereocenters. The van der Waals surface area contributed by atoms with Crippen LogP contribution in [0.2, 0.25) is 0 Å². The first kappa shape index (κ1) is 29.4. The summed E-state index contributed by atoms with van der Waals surface area (Å²) in [5.41, 5.74) is 16.6. The lowest BCUT2D eigenvalue weighted by molar-refractivity contribution is 0.743. The standard InChI is InChI=1S/C37H41NOS/c1-7-8-9-13-34(40)32(36(38)35-24(4)11-10-12-25(35)5)18-15-27-14-17-31-33(21-27)26(6)20-29-22-28(23(2)3)16-19-30(29)37(31)39/h10-12,14,16-17,19-22H,2,7-9,13,15,18,38H2,1,3-6H3. The Balaban J connectivity index is 1.75. The number of rotatable bonds is 10. The molecule has 2 N–H and O–H groups in total. The van der Waals surface area contributed by atoms with Crippen LogP contribution in [0.5, 0.6) is 0 Å². The number of hydrogen-bond donors (Lipinski definition) is 1. The molecule has 4 aromatic carbocycles. The van der Waals surface area contributed by atoms with Gasteiger partial charge in [-0.2, -0.15) is 0 Å². The van der Waals surface area contributed by atoms with Crippen LogP contribution in [0, 0.1) is 20.8 Å². The van der Waals surface area contributed by atoms with E-state index in [0.29, 0.717) is 0 Å². The maximum atomic E-state index is 13.6. The monoisotopic (exact) mass is 547 g/mol. The van der Waals surface area contributed by atoms with Crippen molar-refractivity contribution < 1.29 is 0 Å². The van der Waals surface area contributed by atoms with Crippen molar-refractivity contribution in [1.82, 2.24) is 0 Å². The number of hydrogen-bond acceptors (Lipinski definition) is 3. The molecule has 4 rings (SSSR count). The lowest BCUT2D eigenvalue weighted by Gasteiger charge is -2.17. The van der Waals surface area contributed by atoms with E-state index in [9.17, 15) is 4.79 Å². The zero-order chi connectivity index (χ0) is 29.0. The highest BCUT2D eigenvalue weighted by Gasteiger charge is 2.16. The molecule has 0 aromatic heterocycles. The quantitative estimate of drug-likeness (QED) is 0.122. The van der Waals surface area contributed by atoms with Crippen molar-refractivity contribution in [2.75, 3.05) is 0 Å². The number of benzene rings is 3. The fourth-order valence-corrected chi connectivity index (χ4v) is 6.01. The van der Waals surface area contributed by atoms with Gasteiger partial charge < -0.3 is 5.73 Å². The minimum absolute atomic E-state index is 0.0647. The Hall–Kier alpha value is -3.56. The molecular formula is C37H41NOS. The number of thiocarbonyl (C=S) groups is 1. The molecule has 40 heavy (non-hydrogen) atoms. The van der Waals surface area contributed by atoms with Crippen LogP contribution in [0.3, 0.4) is 0 Å². The van der Waals surface area contributed by atoms with Gasteiger partial charge in [0.1, 0.15) is 0 Å². The third-order valence-electron chi connectivity index (χ3n) is 8.00. The van der Waals surface area contributed by atoms with E-state index in [0.717, 1.165) is 98.5 Å². The first-order valence-corrected chi connectivity index (χ1v) is 14.8. The summed E-state index contributed by atoms with van der Waals surface area (Å²) in [4.78, 5) is 14.5. The van der Waals surface area contributed by atoms with Crippen LogP contribution in [0.15, 0.2) is 77.6 Å². The summed E-state index contributed by atoms with van der Waals surface area (Å²) < 4.78 is 0. The summed E-state index contributed by atoms with van der Waals surface area (Å²) in [6.45, 7) is 14.6. The van der Waals surface area contributed by atoms with Crippen molar-refractivity contribution in [3.8, 4) is 0 Å². The number of allylic oxidation sites excluding steroid dienone is 2. The van der Waals surface area contributed by atoms with E-state index < -0.39 is 0 Å². The van der Waals surface area contributed by atoms with Crippen LogP contribution in [-0.2, 0) is 6.42 Å². The molecule has 4 aromatic rings. The SMILES string of the molecule is C=C(C)c1ccc2c(=O)c3ccc(CCC(C(=S)CCCCC)=C(N)c4c(C)cccc4C)cc3c(C)cc2c1. The average molecular weight is 548 g/mol. The van der Waals surface area contributed by atoms with Crippen LogP contribution in [0.1, 0.15) is 79.3 Å². The predicted molar refractivity (Wildman–Crippen MR) is 179 cm³/mol. The van der Waals surface area contributed by atoms with Crippen molar-refractivity contribution >= 4 is 49.9 Å². The zero-order valence-electron chi connectivity index (χ0n) is 24.6. The number of nitrogens with two attached hydrogens (primary N) is 1. The number of unbranched alkanes of at least 4 members (excludes halogenated alkanes) is 2. The van der Waals surface area contributed by atoms with Gasteiger partial charge in [0.25, 0.3) is 0 Å². The molecule has 0 saturated carbocycles. The molecule has 0 fully saturated rings. The van der Waals surface area contributed by atoms with Gasteiger partial charge in [-0.1, -0.05) is 92.7 Å². The van der Waals surface area contributed by atoms with Crippen molar-refractivity contribution in [3.63, 3.8) is 0 Å². The van der Waals surface area contributed by atoms with Gasteiger partial charge in [0.05, 0.1) is 0 Å². The Morgan fingerprint density at radius 2 is 1.55 bits per heavy atom. The van der Waals surface area contributed by atoms with Gasteiger partial charge in [-0.3, -0.25) is 4.79 Å².